The smallest absolute Gasteiger partial charge is 0.271 e. The monoisotopic (exact) mass is 389 g/mol. The summed E-state index contributed by atoms with van der Waals surface area (Å²) in [6.45, 7) is 9.57. The highest BCUT2D eigenvalue weighted by molar-refractivity contribution is 6.03. The molecule has 0 radical (unpaired) electrons. The molecule has 150 valence electrons. The van der Waals surface area contributed by atoms with Crippen LogP contribution in [0.2, 0.25) is 0 Å². The number of carbonyl (C=O) groups is 2. The molecule has 1 atom stereocenters. The number of piperazine rings is 1. The molecule has 0 unspecified atom stereocenters. The summed E-state index contributed by atoms with van der Waals surface area (Å²) < 4.78 is 0. The van der Waals surface area contributed by atoms with Gasteiger partial charge in [0.05, 0.1) is 0 Å². The van der Waals surface area contributed by atoms with Gasteiger partial charge >= 0.3 is 0 Å². The van der Waals surface area contributed by atoms with Crippen molar-refractivity contribution in [1.29, 1.82) is 0 Å². The fourth-order valence-corrected chi connectivity index (χ4v) is 4.31. The molecular formula is C24H27N3O2. The zero-order valence-electron chi connectivity index (χ0n) is 17.5. The zero-order valence-corrected chi connectivity index (χ0v) is 17.5. The number of benzene rings is 2. The molecule has 1 N–H and O–H groups in total. The van der Waals surface area contributed by atoms with Gasteiger partial charge in [-0.2, -0.15) is 0 Å². The Morgan fingerprint density at radius 1 is 1.10 bits per heavy atom. The summed E-state index contributed by atoms with van der Waals surface area (Å²) >= 11 is 0. The van der Waals surface area contributed by atoms with Gasteiger partial charge in [-0.25, -0.2) is 0 Å². The maximum Gasteiger partial charge on any atom is 0.271 e. The number of carbonyl (C=O) groups excluding carboxylic acids is 2. The summed E-state index contributed by atoms with van der Waals surface area (Å²) in [6.07, 6.45) is 0. The minimum absolute atomic E-state index is 0.00533. The number of aromatic nitrogens is 1. The Bertz CT molecular complexity index is 1080. The molecule has 1 aromatic heterocycles. The highest BCUT2D eigenvalue weighted by Crippen LogP contribution is 2.28. The van der Waals surface area contributed by atoms with Crippen molar-refractivity contribution in [1.82, 2.24) is 14.8 Å². The van der Waals surface area contributed by atoms with Crippen molar-refractivity contribution in [2.45, 2.75) is 40.3 Å². The molecule has 1 saturated heterocycles. The van der Waals surface area contributed by atoms with Gasteiger partial charge in [0.2, 0.25) is 5.91 Å². The molecule has 2 amide bonds. The number of rotatable bonds is 3. The second-order valence-corrected chi connectivity index (χ2v) is 8.05. The van der Waals surface area contributed by atoms with E-state index in [4.69, 9.17) is 0 Å². The Balaban J connectivity index is 1.57. The first-order valence-electron chi connectivity index (χ1n) is 10.1. The van der Waals surface area contributed by atoms with E-state index in [1.54, 1.807) is 4.90 Å². The molecule has 1 fully saturated rings. The Morgan fingerprint density at radius 3 is 2.55 bits per heavy atom. The highest BCUT2D eigenvalue weighted by atomic mass is 16.2. The number of aryl methyl sites for hydroxylation is 3. The van der Waals surface area contributed by atoms with Crippen LogP contribution in [-0.4, -0.2) is 45.7 Å². The summed E-state index contributed by atoms with van der Waals surface area (Å²) in [5.41, 5.74) is 5.93. The molecule has 2 aromatic carbocycles. The molecular weight excluding hydrogens is 362 g/mol. The van der Waals surface area contributed by atoms with Crippen LogP contribution in [0, 0.1) is 20.8 Å². The standard InChI is InChI=1S/C24H27N3O2/c1-15-12-16(2)21-20(13-15)17(3)22(25-21)24(29)27-11-10-26(23(28)18(27)4)14-19-8-6-5-7-9-19/h5-9,12-13,18,25H,10-11,14H2,1-4H3/t18-/m0/s1. The predicted octanol–water partition coefficient (Wildman–Crippen LogP) is 3.97. The van der Waals surface area contributed by atoms with Crippen LogP contribution in [0.5, 0.6) is 0 Å². The van der Waals surface area contributed by atoms with Crippen LogP contribution in [-0.2, 0) is 11.3 Å². The van der Waals surface area contributed by atoms with Gasteiger partial charge in [-0.15, -0.1) is 0 Å². The van der Waals surface area contributed by atoms with Gasteiger partial charge in [0.15, 0.2) is 0 Å². The largest absolute Gasteiger partial charge is 0.350 e. The van der Waals surface area contributed by atoms with E-state index in [1.807, 2.05) is 56.0 Å². The summed E-state index contributed by atoms with van der Waals surface area (Å²) in [5.74, 6) is -0.106. The molecule has 29 heavy (non-hydrogen) atoms. The average Bonchev–Trinajstić information content (AvgIpc) is 3.03. The van der Waals surface area contributed by atoms with Crippen LogP contribution in [0.15, 0.2) is 42.5 Å². The van der Waals surface area contributed by atoms with Gasteiger partial charge < -0.3 is 14.8 Å². The van der Waals surface area contributed by atoms with Gasteiger partial charge in [0.25, 0.3) is 5.91 Å². The highest BCUT2D eigenvalue weighted by Gasteiger charge is 2.35. The third-order valence-corrected chi connectivity index (χ3v) is 5.95. The number of aromatic amines is 1. The second kappa shape index (κ2) is 7.39. The van der Waals surface area contributed by atoms with E-state index in [-0.39, 0.29) is 11.8 Å². The number of amides is 2. The first-order valence-corrected chi connectivity index (χ1v) is 10.1. The number of hydrogen-bond acceptors (Lipinski definition) is 2. The summed E-state index contributed by atoms with van der Waals surface area (Å²) in [7, 11) is 0. The molecule has 2 heterocycles. The molecule has 0 spiro atoms. The van der Waals surface area contributed by atoms with E-state index in [2.05, 4.69) is 24.0 Å². The Morgan fingerprint density at radius 2 is 1.83 bits per heavy atom. The molecule has 3 aromatic rings. The maximum absolute atomic E-state index is 13.3. The van der Waals surface area contributed by atoms with Crippen molar-refractivity contribution in [3.05, 3.63) is 70.4 Å². The number of fused-ring (bicyclic) bond motifs is 1. The van der Waals surface area contributed by atoms with Crippen molar-refractivity contribution in [2.24, 2.45) is 0 Å². The third kappa shape index (κ3) is 3.41. The van der Waals surface area contributed by atoms with Crippen LogP contribution in [0.25, 0.3) is 10.9 Å². The lowest BCUT2D eigenvalue weighted by atomic mass is 10.0. The minimum atomic E-state index is -0.478. The van der Waals surface area contributed by atoms with Crippen molar-refractivity contribution in [2.75, 3.05) is 13.1 Å². The lowest BCUT2D eigenvalue weighted by Gasteiger charge is -2.39. The number of hydrogen-bond donors (Lipinski definition) is 1. The normalized spacial score (nSPS) is 17.2. The van der Waals surface area contributed by atoms with E-state index in [1.165, 1.54) is 5.56 Å². The van der Waals surface area contributed by atoms with Crippen LogP contribution in [0.3, 0.4) is 0 Å². The Labute approximate surface area is 171 Å². The molecule has 4 rings (SSSR count). The van der Waals surface area contributed by atoms with Crippen LogP contribution >= 0.6 is 0 Å². The van der Waals surface area contributed by atoms with Crippen molar-refractivity contribution in [3.8, 4) is 0 Å². The van der Waals surface area contributed by atoms with Gasteiger partial charge in [-0.3, -0.25) is 9.59 Å². The average molecular weight is 389 g/mol. The number of nitrogens with zero attached hydrogens (tertiary/aromatic N) is 2. The van der Waals surface area contributed by atoms with Crippen LogP contribution < -0.4 is 0 Å². The van der Waals surface area contributed by atoms with Crippen molar-refractivity contribution in [3.63, 3.8) is 0 Å². The molecule has 5 heteroatoms. The molecule has 0 bridgehead atoms. The molecule has 5 nitrogen and oxygen atoms in total. The fourth-order valence-electron chi connectivity index (χ4n) is 4.31. The van der Waals surface area contributed by atoms with Gasteiger partial charge in [-0.1, -0.05) is 42.0 Å². The predicted molar refractivity (Wildman–Crippen MR) is 115 cm³/mol. The molecule has 1 aliphatic heterocycles. The van der Waals surface area contributed by atoms with Gasteiger partial charge in [0, 0.05) is 30.5 Å². The summed E-state index contributed by atoms with van der Waals surface area (Å²) in [5, 5.41) is 1.08. The van der Waals surface area contributed by atoms with E-state index >= 15 is 0 Å². The lowest BCUT2D eigenvalue weighted by molar-refractivity contribution is -0.140. The molecule has 1 aliphatic rings. The topological polar surface area (TPSA) is 56.4 Å². The summed E-state index contributed by atoms with van der Waals surface area (Å²) in [4.78, 5) is 33.2. The van der Waals surface area contributed by atoms with Crippen LogP contribution in [0.1, 0.15) is 39.7 Å². The van der Waals surface area contributed by atoms with Crippen LogP contribution in [0.4, 0.5) is 0 Å². The number of nitrogens with one attached hydrogen (secondary N) is 1. The first-order chi connectivity index (χ1) is 13.9. The van der Waals surface area contributed by atoms with Crippen molar-refractivity contribution >= 4 is 22.7 Å². The van der Waals surface area contributed by atoms with Gasteiger partial charge in [-0.05, 0) is 50.5 Å². The molecule has 0 saturated carbocycles. The first kappa shape index (κ1) is 19.2. The maximum atomic E-state index is 13.3. The van der Waals surface area contributed by atoms with Crippen molar-refractivity contribution < 1.29 is 9.59 Å². The van der Waals surface area contributed by atoms with E-state index < -0.39 is 6.04 Å². The van der Waals surface area contributed by atoms with E-state index in [0.717, 1.165) is 27.6 Å². The van der Waals surface area contributed by atoms with Gasteiger partial charge in [0.1, 0.15) is 11.7 Å². The number of H-pyrrole nitrogens is 1. The van der Waals surface area contributed by atoms with E-state index in [0.29, 0.717) is 25.3 Å². The SMILES string of the molecule is Cc1cc(C)c2[nH]c(C(=O)N3CCN(Cc4ccccc4)C(=O)[C@@H]3C)c(C)c2c1. The molecule has 0 aliphatic carbocycles. The quantitative estimate of drug-likeness (QED) is 0.737. The fraction of sp³-hybridized carbons (Fsp3) is 0.333. The zero-order chi connectivity index (χ0) is 20.7. The Hall–Kier alpha value is -3.08. The van der Waals surface area contributed by atoms with E-state index in [9.17, 15) is 9.59 Å². The second-order valence-electron chi connectivity index (χ2n) is 8.05. The third-order valence-electron chi connectivity index (χ3n) is 5.95. The summed E-state index contributed by atoms with van der Waals surface area (Å²) in [6, 6.07) is 13.7. The minimum Gasteiger partial charge on any atom is -0.350 e. The Kier molecular flexibility index (Phi) is 4.91. The lowest BCUT2D eigenvalue weighted by Crippen LogP contribution is -2.57.